The van der Waals surface area contributed by atoms with Crippen LogP contribution >= 0.6 is 0 Å². The highest BCUT2D eigenvalue weighted by atomic mass is 32.2. The van der Waals surface area contributed by atoms with Crippen LogP contribution in [0.1, 0.15) is 49.4 Å². The normalized spacial score (nSPS) is 12.4. The molecule has 2 aromatic carbocycles. The summed E-state index contributed by atoms with van der Waals surface area (Å²) in [6.07, 6.45) is 1.49. The molecule has 8 heteroatoms. The summed E-state index contributed by atoms with van der Waals surface area (Å²) < 4.78 is 26.6. The number of amides is 2. The summed E-state index contributed by atoms with van der Waals surface area (Å²) in [5, 5.41) is 2.89. The number of nitrogens with zero attached hydrogens (tertiary/aromatic N) is 2. The quantitative estimate of drug-likeness (QED) is 0.554. The molecule has 0 spiro atoms. The van der Waals surface area contributed by atoms with Gasteiger partial charge in [0.1, 0.15) is 12.6 Å². The van der Waals surface area contributed by atoms with Gasteiger partial charge in [-0.25, -0.2) is 8.42 Å². The van der Waals surface area contributed by atoms with Gasteiger partial charge in [-0.15, -0.1) is 0 Å². The Morgan fingerprint density at radius 3 is 2.09 bits per heavy atom. The summed E-state index contributed by atoms with van der Waals surface area (Å²) >= 11 is 0. The molecule has 0 saturated heterocycles. The third-order valence-corrected chi connectivity index (χ3v) is 6.73. The van der Waals surface area contributed by atoms with Gasteiger partial charge in [0.15, 0.2) is 0 Å². The molecule has 0 aromatic heterocycles. The van der Waals surface area contributed by atoms with Crippen LogP contribution in [0.4, 0.5) is 5.69 Å². The van der Waals surface area contributed by atoms with E-state index in [4.69, 9.17) is 0 Å². The number of nitrogens with one attached hydrogen (secondary N) is 1. The number of aryl methyl sites for hydroxylation is 3. The Morgan fingerprint density at radius 2 is 1.56 bits per heavy atom. The molecule has 0 unspecified atom stereocenters. The highest BCUT2D eigenvalue weighted by Crippen LogP contribution is 2.25. The van der Waals surface area contributed by atoms with Gasteiger partial charge in [-0.1, -0.05) is 48.9 Å². The topological polar surface area (TPSA) is 86.8 Å². The first-order valence-electron chi connectivity index (χ1n) is 11.5. The molecule has 34 heavy (non-hydrogen) atoms. The Kier molecular flexibility index (Phi) is 9.27. The van der Waals surface area contributed by atoms with Crippen molar-refractivity contribution in [3.63, 3.8) is 0 Å². The van der Waals surface area contributed by atoms with Gasteiger partial charge >= 0.3 is 0 Å². The first-order chi connectivity index (χ1) is 15.8. The van der Waals surface area contributed by atoms with Crippen molar-refractivity contribution in [1.82, 2.24) is 10.2 Å². The van der Waals surface area contributed by atoms with Crippen molar-refractivity contribution in [3.8, 4) is 0 Å². The van der Waals surface area contributed by atoms with E-state index in [2.05, 4.69) is 5.32 Å². The minimum atomic E-state index is -3.75. The lowest BCUT2D eigenvalue weighted by molar-refractivity contribution is -0.140. The second-order valence-corrected chi connectivity index (χ2v) is 11.1. The minimum absolute atomic E-state index is 0.0830. The van der Waals surface area contributed by atoms with Gasteiger partial charge in [-0.05, 0) is 63.8 Å². The Labute approximate surface area is 204 Å². The van der Waals surface area contributed by atoms with Crippen molar-refractivity contribution in [3.05, 3.63) is 64.7 Å². The number of hydrogen-bond acceptors (Lipinski definition) is 4. The van der Waals surface area contributed by atoms with Crippen molar-refractivity contribution >= 4 is 27.5 Å². The number of benzene rings is 2. The van der Waals surface area contributed by atoms with Crippen LogP contribution in [-0.2, 0) is 26.2 Å². The maximum Gasteiger partial charge on any atom is 0.244 e. The monoisotopic (exact) mass is 487 g/mol. The van der Waals surface area contributed by atoms with Crippen molar-refractivity contribution in [1.29, 1.82) is 0 Å². The lowest BCUT2D eigenvalue weighted by atomic mass is 10.1. The van der Waals surface area contributed by atoms with Crippen LogP contribution in [0.3, 0.4) is 0 Å². The third-order valence-electron chi connectivity index (χ3n) is 5.60. The number of sulfonamides is 1. The van der Waals surface area contributed by atoms with Gasteiger partial charge < -0.3 is 10.2 Å². The first kappa shape index (κ1) is 27.4. The van der Waals surface area contributed by atoms with Gasteiger partial charge in [0, 0.05) is 12.6 Å². The van der Waals surface area contributed by atoms with E-state index in [0.717, 1.165) is 32.8 Å². The summed E-state index contributed by atoms with van der Waals surface area (Å²) in [5.41, 5.74) is 4.06. The molecule has 2 amide bonds. The largest absolute Gasteiger partial charge is 0.352 e. The van der Waals surface area contributed by atoms with Crippen molar-refractivity contribution in [2.24, 2.45) is 0 Å². The zero-order valence-electron chi connectivity index (χ0n) is 21.3. The number of anilines is 1. The summed E-state index contributed by atoms with van der Waals surface area (Å²) in [4.78, 5) is 28.2. The van der Waals surface area contributed by atoms with Crippen LogP contribution in [0.25, 0.3) is 0 Å². The van der Waals surface area contributed by atoms with Gasteiger partial charge in [0.25, 0.3) is 0 Å². The zero-order chi connectivity index (χ0) is 25.6. The number of carbonyl (C=O) groups excluding carboxylic acids is 2. The standard InChI is InChI=1S/C26H37N3O4S/c1-8-23(26(31)27-18(2)3)28(16-22-13-10-19(4)11-14-22)25(30)17-29(34(7,32)33)24-15-20(5)9-12-21(24)6/h9-15,18,23H,8,16-17H2,1-7H3,(H,27,31)/t23-/m1/s1. The first-order valence-corrected chi connectivity index (χ1v) is 13.4. The van der Waals surface area contributed by atoms with Gasteiger partial charge in [0.2, 0.25) is 21.8 Å². The summed E-state index contributed by atoms with van der Waals surface area (Å²) in [5.74, 6) is -0.687. The third kappa shape index (κ3) is 7.32. The van der Waals surface area contributed by atoms with E-state index in [1.54, 1.807) is 6.07 Å². The highest BCUT2D eigenvalue weighted by molar-refractivity contribution is 7.92. The fourth-order valence-electron chi connectivity index (χ4n) is 3.77. The molecule has 0 radical (unpaired) electrons. The van der Waals surface area contributed by atoms with E-state index in [1.807, 2.05) is 77.9 Å². The molecule has 0 heterocycles. The zero-order valence-corrected chi connectivity index (χ0v) is 22.1. The van der Waals surface area contributed by atoms with Gasteiger partial charge in [-0.3, -0.25) is 13.9 Å². The highest BCUT2D eigenvalue weighted by Gasteiger charge is 2.32. The molecule has 0 fully saturated rings. The second kappa shape index (κ2) is 11.5. The second-order valence-electron chi connectivity index (χ2n) is 9.15. The van der Waals surface area contributed by atoms with Crippen LogP contribution in [0.5, 0.6) is 0 Å². The molecule has 186 valence electrons. The van der Waals surface area contributed by atoms with E-state index in [0.29, 0.717) is 12.1 Å². The van der Waals surface area contributed by atoms with Crippen molar-refractivity contribution in [2.45, 2.75) is 66.6 Å². The van der Waals surface area contributed by atoms with E-state index in [-0.39, 0.29) is 25.0 Å². The smallest absolute Gasteiger partial charge is 0.244 e. The van der Waals surface area contributed by atoms with Crippen LogP contribution in [0.2, 0.25) is 0 Å². The average molecular weight is 488 g/mol. The Hall–Kier alpha value is -2.87. The number of hydrogen-bond donors (Lipinski definition) is 1. The number of carbonyl (C=O) groups is 2. The lowest BCUT2D eigenvalue weighted by Gasteiger charge is -2.33. The molecule has 1 atom stereocenters. The summed E-state index contributed by atoms with van der Waals surface area (Å²) in [6.45, 7) is 11.1. The molecule has 2 rings (SSSR count). The molecular weight excluding hydrogens is 450 g/mol. The van der Waals surface area contributed by atoms with Gasteiger partial charge in [-0.2, -0.15) is 0 Å². The molecule has 7 nitrogen and oxygen atoms in total. The molecular formula is C26H37N3O4S. The Balaban J connectivity index is 2.48. The maximum absolute atomic E-state index is 13.7. The lowest BCUT2D eigenvalue weighted by Crippen LogP contribution is -2.53. The van der Waals surface area contributed by atoms with E-state index in [1.165, 1.54) is 4.90 Å². The van der Waals surface area contributed by atoms with E-state index < -0.39 is 22.0 Å². The Bertz CT molecular complexity index is 1110. The van der Waals surface area contributed by atoms with Crippen LogP contribution in [0.15, 0.2) is 42.5 Å². The minimum Gasteiger partial charge on any atom is -0.352 e. The Morgan fingerprint density at radius 1 is 0.971 bits per heavy atom. The molecule has 0 bridgehead atoms. The van der Waals surface area contributed by atoms with E-state index >= 15 is 0 Å². The average Bonchev–Trinajstić information content (AvgIpc) is 2.73. The molecule has 2 aromatic rings. The fraction of sp³-hybridized carbons (Fsp3) is 0.462. The van der Waals surface area contributed by atoms with Crippen LogP contribution < -0.4 is 9.62 Å². The van der Waals surface area contributed by atoms with Crippen molar-refractivity contribution < 1.29 is 18.0 Å². The molecule has 0 aliphatic heterocycles. The van der Waals surface area contributed by atoms with Gasteiger partial charge in [0.05, 0.1) is 11.9 Å². The SMILES string of the molecule is CC[C@H](C(=O)NC(C)C)N(Cc1ccc(C)cc1)C(=O)CN(c1cc(C)ccc1C)S(C)(=O)=O. The molecule has 0 aliphatic carbocycles. The fourth-order valence-corrected chi connectivity index (χ4v) is 4.67. The molecule has 1 N–H and O–H groups in total. The summed E-state index contributed by atoms with van der Waals surface area (Å²) in [7, 11) is -3.75. The predicted octanol–water partition coefficient (Wildman–Crippen LogP) is 3.71. The maximum atomic E-state index is 13.7. The molecule has 0 saturated carbocycles. The van der Waals surface area contributed by atoms with Crippen LogP contribution in [-0.4, -0.2) is 50.0 Å². The van der Waals surface area contributed by atoms with Crippen LogP contribution in [0, 0.1) is 20.8 Å². The van der Waals surface area contributed by atoms with Crippen molar-refractivity contribution in [2.75, 3.05) is 17.1 Å². The summed E-state index contributed by atoms with van der Waals surface area (Å²) in [6, 6.07) is 12.4. The number of rotatable bonds is 10. The molecule has 0 aliphatic rings. The predicted molar refractivity (Wildman–Crippen MR) is 137 cm³/mol. The van der Waals surface area contributed by atoms with E-state index in [9.17, 15) is 18.0 Å².